The molecule has 0 radical (unpaired) electrons. The van der Waals surface area contributed by atoms with Crippen molar-refractivity contribution in [1.82, 2.24) is 15.0 Å². The van der Waals surface area contributed by atoms with Crippen molar-refractivity contribution in [2.45, 2.75) is 20.8 Å². The third-order valence-corrected chi connectivity index (χ3v) is 4.36. The summed E-state index contributed by atoms with van der Waals surface area (Å²) < 4.78 is 5.40. The minimum Gasteiger partial charge on any atom is -0.501 e. The number of fused-ring (bicyclic) bond motifs is 1. The van der Waals surface area contributed by atoms with Crippen LogP contribution in [-0.2, 0) is 4.74 Å². The molecule has 0 unspecified atom stereocenters. The molecule has 0 aromatic carbocycles. The number of nitrogens with zero attached hydrogens (tertiary/aromatic N) is 2. The van der Waals surface area contributed by atoms with E-state index in [9.17, 15) is 4.79 Å². The molecule has 0 amide bonds. The molecule has 0 bridgehead atoms. The minimum atomic E-state index is -0.0786. The summed E-state index contributed by atoms with van der Waals surface area (Å²) in [6, 6.07) is 5.48. The molecule has 0 saturated heterocycles. The van der Waals surface area contributed by atoms with Gasteiger partial charge in [-0.1, -0.05) is 6.58 Å². The highest BCUT2D eigenvalue weighted by Gasteiger charge is 2.20. The van der Waals surface area contributed by atoms with E-state index < -0.39 is 0 Å². The quantitative estimate of drug-likeness (QED) is 0.420. The zero-order valence-electron chi connectivity index (χ0n) is 15.4. The number of carbonyl (C=O) groups is 1. The highest BCUT2D eigenvalue weighted by molar-refractivity contribution is 6.17. The Labute approximate surface area is 152 Å². The Morgan fingerprint density at radius 1 is 1.23 bits per heavy atom. The van der Waals surface area contributed by atoms with Crippen LogP contribution in [0.1, 0.15) is 41.0 Å². The average molecular weight is 347 g/mol. The predicted molar refractivity (Wildman–Crippen MR) is 103 cm³/mol. The lowest BCUT2D eigenvalue weighted by Gasteiger charge is -2.12. The first-order chi connectivity index (χ1) is 12.4. The molecule has 1 N–H and O–H groups in total. The van der Waals surface area contributed by atoms with Gasteiger partial charge in [0.1, 0.15) is 11.4 Å². The number of pyridine rings is 2. The molecule has 5 heteroatoms. The topological polar surface area (TPSA) is 67.9 Å². The highest BCUT2D eigenvalue weighted by atomic mass is 16.5. The summed E-state index contributed by atoms with van der Waals surface area (Å²) in [5.74, 6) is 0.677. The van der Waals surface area contributed by atoms with E-state index in [1.54, 1.807) is 37.8 Å². The van der Waals surface area contributed by atoms with Crippen molar-refractivity contribution >= 4 is 22.4 Å². The molecule has 3 aromatic rings. The van der Waals surface area contributed by atoms with Gasteiger partial charge < -0.3 is 9.72 Å². The Hall–Kier alpha value is -3.21. The first kappa shape index (κ1) is 17.6. The van der Waals surface area contributed by atoms with Crippen LogP contribution in [0, 0.1) is 6.92 Å². The number of ketones is 1. The molecule has 0 spiro atoms. The van der Waals surface area contributed by atoms with Gasteiger partial charge in [-0.15, -0.1) is 0 Å². The van der Waals surface area contributed by atoms with Crippen molar-refractivity contribution in [2.75, 3.05) is 7.11 Å². The predicted octanol–water partition coefficient (Wildman–Crippen LogP) is 4.45. The number of carbonyl (C=O) groups excluding carboxylic acids is 1. The lowest BCUT2D eigenvalue weighted by Crippen LogP contribution is -2.03. The maximum Gasteiger partial charge on any atom is 0.197 e. The number of aromatic nitrogens is 3. The SMILES string of the molecule is C=C(C)/C(=C(/C)OC)c1cnc2[nH]c(C)c(C(=O)c3cccnc3)c2c1. The van der Waals surface area contributed by atoms with Crippen molar-refractivity contribution in [3.05, 3.63) is 77.1 Å². The summed E-state index contributed by atoms with van der Waals surface area (Å²) in [6.07, 6.45) is 4.99. The molecule has 5 nitrogen and oxygen atoms in total. The Kier molecular flexibility index (Phi) is 4.71. The fourth-order valence-electron chi connectivity index (χ4n) is 3.12. The molecule has 0 aliphatic rings. The van der Waals surface area contributed by atoms with Crippen LogP contribution in [0.25, 0.3) is 16.6 Å². The van der Waals surface area contributed by atoms with Crippen LogP contribution in [-0.4, -0.2) is 27.8 Å². The van der Waals surface area contributed by atoms with E-state index >= 15 is 0 Å². The Bertz CT molecular complexity index is 1030. The second-order valence-corrected chi connectivity index (χ2v) is 6.23. The van der Waals surface area contributed by atoms with Crippen molar-refractivity contribution in [1.29, 1.82) is 0 Å². The lowest BCUT2D eigenvalue weighted by atomic mass is 9.97. The van der Waals surface area contributed by atoms with Gasteiger partial charge in [0.15, 0.2) is 5.78 Å². The second kappa shape index (κ2) is 6.96. The maximum absolute atomic E-state index is 13.0. The summed E-state index contributed by atoms with van der Waals surface area (Å²) in [4.78, 5) is 24.8. The number of aromatic amines is 1. The van der Waals surface area contributed by atoms with E-state index in [-0.39, 0.29) is 5.78 Å². The fourth-order valence-corrected chi connectivity index (χ4v) is 3.12. The largest absolute Gasteiger partial charge is 0.501 e. The van der Waals surface area contributed by atoms with Gasteiger partial charge in [-0.25, -0.2) is 4.98 Å². The van der Waals surface area contributed by atoms with Gasteiger partial charge in [-0.3, -0.25) is 9.78 Å². The van der Waals surface area contributed by atoms with Crippen molar-refractivity contribution < 1.29 is 9.53 Å². The fraction of sp³-hybridized carbons (Fsp3) is 0.190. The van der Waals surface area contributed by atoms with Crippen molar-refractivity contribution in [2.24, 2.45) is 0 Å². The summed E-state index contributed by atoms with van der Waals surface area (Å²) in [5.41, 5.74) is 5.24. The zero-order chi connectivity index (χ0) is 18.8. The van der Waals surface area contributed by atoms with E-state index in [2.05, 4.69) is 21.5 Å². The standard InChI is InChI=1S/C21H21N3O2/c1-12(2)18(14(4)26-5)16-9-17-19(13(3)24-21(17)23-11-16)20(25)15-7-6-8-22-10-15/h6-11H,1H2,2-5H3,(H,23,24)/b18-14+. The maximum atomic E-state index is 13.0. The summed E-state index contributed by atoms with van der Waals surface area (Å²) in [5, 5.41) is 0.775. The molecule has 0 aliphatic carbocycles. The van der Waals surface area contributed by atoms with Crippen LogP contribution in [0.3, 0.4) is 0 Å². The van der Waals surface area contributed by atoms with Crippen LogP contribution in [0.2, 0.25) is 0 Å². The molecule has 3 rings (SSSR count). The van der Waals surface area contributed by atoms with Crippen LogP contribution in [0.15, 0.2) is 54.7 Å². The number of methoxy groups -OCH3 is 1. The van der Waals surface area contributed by atoms with Crippen LogP contribution in [0.4, 0.5) is 0 Å². The number of nitrogens with one attached hydrogen (secondary N) is 1. The van der Waals surface area contributed by atoms with Gasteiger partial charge in [-0.05, 0) is 44.5 Å². The van der Waals surface area contributed by atoms with Gasteiger partial charge in [-0.2, -0.15) is 0 Å². The first-order valence-electron chi connectivity index (χ1n) is 8.28. The smallest absolute Gasteiger partial charge is 0.197 e. The Morgan fingerprint density at radius 3 is 2.62 bits per heavy atom. The Morgan fingerprint density at radius 2 is 2.00 bits per heavy atom. The summed E-state index contributed by atoms with van der Waals surface area (Å²) in [7, 11) is 1.63. The summed E-state index contributed by atoms with van der Waals surface area (Å²) >= 11 is 0. The van der Waals surface area contributed by atoms with E-state index in [1.807, 2.05) is 26.8 Å². The number of hydrogen-bond donors (Lipinski definition) is 1. The van der Waals surface area contributed by atoms with Gasteiger partial charge in [0.2, 0.25) is 0 Å². The molecule has 3 heterocycles. The van der Waals surface area contributed by atoms with Crippen LogP contribution in [0.5, 0.6) is 0 Å². The number of H-pyrrole nitrogens is 1. The molecule has 132 valence electrons. The third-order valence-electron chi connectivity index (χ3n) is 4.36. The van der Waals surface area contributed by atoms with Gasteiger partial charge in [0.05, 0.1) is 12.7 Å². The third kappa shape index (κ3) is 3.04. The molecular weight excluding hydrogens is 326 g/mol. The zero-order valence-corrected chi connectivity index (χ0v) is 15.4. The van der Waals surface area contributed by atoms with E-state index in [4.69, 9.17) is 4.74 Å². The number of ether oxygens (including phenoxy) is 1. The van der Waals surface area contributed by atoms with E-state index in [0.717, 1.165) is 33.5 Å². The molecule has 0 aliphatic heterocycles. The summed E-state index contributed by atoms with van der Waals surface area (Å²) in [6.45, 7) is 9.73. The van der Waals surface area contributed by atoms with Crippen LogP contribution < -0.4 is 0 Å². The Balaban J connectivity index is 2.22. The van der Waals surface area contributed by atoms with Crippen molar-refractivity contribution in [3.63, 3.8) is 0 Å². The van der Waals surface area contributed by atoms with Crippen molar-refractivity contribution in [3.8, 4) is 0 Å². The molecule has 3 aromatic heterocycles. The molecule has 0 saturated carbocycles. The molecule has 26 heavy (non-hydrogen) atoms. The molecular formula is C21H21N3O2. The van der Waals surface area contributed by atoms with Gasteiger partial charge in [0.25, 0.3) is 0 Å². The van der Waals surface area contributed by atoms with Gasteiger partial charge in [0, 0.05) is 46.4 Å². The first-order valence-corrected chi connectivity index (χ1v) is 8.28. The molecule has 0 fully saturated rings. The number of hydrogen-bond acceptors (Lipinski definition) is 4. The molecule has 0 atom stereocenters. The lowest BCUT2D eigenvalue weighted by molar-refractivity contribution is 0.103. The number of allylic oxidation sites excluding steroid dienone is 3. The monoisotopic (exact) mass is 347 g/mol. The minimum absolute atomic E-state index is 0.0786. The number of aryl methyl sites for hydroxylation is 1. The number of rotatable bonds is 5. The van der Waals surface area contributed by atoms with E-state index in [0.29, 0.717) is 16.8 Å². The van der Waals surface area contributed by atoms with Crippen LogP contribution >= 0.6 is 0 Å². The average Bonchev–Trinajstić information content (AvgIpc) is 2.96. The van der Waals surface area contributed by atoms with E-state index in [1.165, 1.54) is 0 Å². The normalized spacial score (nSPS) is 12.0. The van der Waals surface area contributed by atoms with Gasteiger partial charge >= 0.3 is 0 Å². The highest BCUT2D eigenvalue weighted by Crippen LogP contribution is 2.30. The second-order valence-electron chi connectivity index (χ2n) is 6.23.